The zero-order valence-electron chi connectivity index (χ0n) is 13.7. The van der Waals surface area contributed by atoms with Crippen molar-refractivity contribution in [2.75, 3.05) is 26.8 Å². The molecule has 0 N–H and O–H groups in total. The fraction of sp³-hybridized carbons (Fsp3) is 0.389. The lowest BCUT2D eigenvalue weighted by molar-refractivity contribution is -0.0825. The summed E-state index contributed by atoms with van der Waals surface area (Å²) in [4.78, 5) is 22.4. The molecule has 0 radical (unpaired) electrons. The zero-order valence-corrected chi connectivity index (χ0v) is 13.7. The number of amides is 1. The number of hydrogen-bond acceptors (Lipinski definition) is 5. The highest BCUT2D eigenvalue weighted by Gasteiger charge is 2.38. The fourth-order valence-corrected chi connectivity index (χ4v) is 2.92. The van der Waals surface area contributed by atoms with Gasteiger partial charge in [0.05, 0.1) is 12.7 Å². The van der Waals surface area contributed by atoms with Crippen molar-refractivity contribution >= 4 is 5.91 Å². The number of nitrogens with zero attached hydrogens (tertiary/aromatic N) is 3. The summed E-state index contributed by atoms with van der Waals surface area (Å²) >= 11 is 0. The first-order chi connectivity index (χ1) is 11.7. The van der Waals surface area contributed by atoms with Crippen LogP contribution in [0.4, 0.5) is 0 Å². The summed E-state index contributed by atoms with van der Waals surface area (Å²) in [6.07, 6.45) is 6.28. The lowest BCUT2D eigenvalue weighted by Crippen LogP contribution is -2.54. The lowest BCUT2D eigenvalue weighted by Gasteiger charge is -2.41. The molecule has 126 valence electrons. The van der Waals surface area contributed by atoms with E-state index in [0.717, 1.165) is 18.6 Å². The van der Waals surface area contributed by atoms with E-state index < -0.39 is 5.60 Å². The van der Waals surface area contributed by atoms with E-state index in [0.29, 0.717) is 25.4 Å². The Hall–Kier alpha value is -2.47. The molecular formula is C18H21N3O3. The molecule has 24 heavy (non-hydrogen) atoms. The van der Waals surface area contributed by atoms with Crippen LogP contribution in [-0.4, -0.2) is 53.2 Å². The minimum Gasteiger partial charge on any atom is -0.491 e. The van der Waals surface area contributed by atoms with Crippen molar-refractivity contribution in [3.05, 3.63) is 54.6 Å². The number of ether oxygens (including phenoxy) is 2. The average Bonchev–Trinajstić information content (AvgIpc) is 2.67. The zero-order chi connectivity index (χ0) is 16.8. The Morgan fingerprint density at radius 2 is 2.12 bits per heavy atom. The molecule has 1 amide bonds. The van der Waals surface area contributed by atoms with Gasteiger partial charge in [-0.3, -0.25) is 9.78 Å². The van der Waals surface area contributed by atoms with E-state index in [4.69, 9.17) is 9.47 Å². The fourth-order valence-electron chi connectivity index (χ4n) is 2.92. The number of benzene rings is 1. The minimum absolute atomic E-state index is 0.121. The van der Waals surface area contributed by atoms with E-state index in [1.807, 2.05) is 30.3 Å². The van der Waals surface area contributed by atoms with Crippen molar-refractivity contribution in [2.24, 2.45) is 0 Å². The van der Waals surface area contributed by atoms with E-state index in [9.17, 15) is 4.79 Å². The maximum atomic E-state index is 12.6. The summed E-state index contributed by atoms with van der Waals surface area (Å²) < 4.78 is 11.6. The molecule has 1 unspecified atom stereocenters. The van der Waals surface area contributed by atoms with Crippen molar-refractivity contribution in [2.45, 2.75) is 18.4 Å². The van der Waals surface area contributed by atoms with Gasteiger partial charge in [-0.25, -0.2) is 4.98 Å². The van der Waals surface area contributed by atoms with Gasteiger partial charge in [-0.1, -0.05) is 18.2 Å². The first kappa shape index (κ1) is 16.4. The van der Waals surface area contributed by atoms with Gasteiger partial charge in [-0.15, -0.1) is 0 Å². The number of rotatable bonds is 5. The Morgan fingerprint density at radius 1 is 1.29 bits per heavy atom. The maximum Gasteiger partial charge on any atom is 0.274 e. The van der Waals surface area contributed by atoms with Crippen LogP contribution in [0.15, 0.2) is 48.9 Å². The highest BCUT2D eigenvalue weighted by atomic mass is 16.5. The highest BCUT2D eigenvalue weighted by Crippen LogP contribution is 2.26. The third-order valence-electron chi connectivity index (χ3n) is 4.29. The molecule has 0 aliphatic carbocycles. The first-order valence-corrected chi connectivity index (χ1v) is 8.01. The summed E-state index contributed by atoms with van der Waals surface area (Å²) in [7, 11) is 1.67. The van der Waals surface area contributed by atoms with Gasteiger partial charge in [0.25, 0.3) is 5.91 Å². The summed E-state index contributed by atoms with van der Waals surface area (Å²) in [6, 6.07) is 9.63. The van der Waals surface area contributed by atoms with Gasteiger partial charge in [-0.05, 0) is 25.0 Å². The van der Waals surface area contributed by atoms with Gasteiger partial charge in [0.1, 0.15) is 23.7 Å². The lowest BCUT2D eigenvalue weighted by atomic mass is 9.93. The first-order valence-electron chi connectivity index (χ1n) is 8.01. The second-order valence-corrected chi connectivity index (χ2v) is 5.91. The van der Waals surface area contributed by atoms with Crippen molar-refractivity contribution < 1.29 is 14.3 Å². The van der Waals surface area contributed by atoms with Gasteiger partial charge < -0.3 is 14.4 Å². The third kappa shape index (κ3) is 3.71. The van der Waals surface area contributed by atoms with E-state index in [1.54, 1.807) is 18.2 Å². The SMILES string of the molecule is COC1(COc2ccccc2)CCCN(C(=O)c2cnccn2)C1. The number of carbonyl (C=O) groups excluding carboxylic acids is 1. The molecule has 1 aliphatic heterocycles. The topological polar surface area (TPSA) is 64.6 Å². The van der Waals surface area contributed by atoms with Crippen LogP contribution in [0.2, 0.25) is 0 Å². The number of hydrogen-bond donors (Lipinski definition) is 0. The van der Waals surface area contributed by atoms with Crippen LogP contribution in [0.1, 0.15) is 23.3 Å². The van der Waals surface area contributed by atoms with Crippen LogP contribution in [-0.2, 0) is 4.74 Å². The van der Waals surface area contributed by atoms with Crippen molar-refractivity contribution in [3.8, 4) is 5.75 Å². The highest BCUT2D eigenvalue weighted by molar-refractivity contribution is 5.92. The van der Waals surface area contributed by atoms with E-state index in [1.165, 1.54) is 12.4 Å². The number of likely N-dealkylation sites (tertiary alicyclic amines) is 1. The largest absolute Gasteiger partial charge is 0.491 e. The molecule has 0 saturated carbocycles. The number of aromatic nitrogens is 2. The van der Waals surface area contributed by atoms with Gasteiger partial charge in [0.2, 0.25) is 0 Å². The molecule has 2 heterocycles. The molecule has 1 atom stereocenters. The Bertz CT molecular complexity index is 666. The minimum atomic E-state index is -0.508. The Balaban J connectivity index is 1.68. The summed E-state index contributed by atoms with van der Waals surface area (Å²) in [5.74, 6) is 0.676. The van der Waals surface area contributed by atoms with Crippen molar-refractivity contribution in [1.29, 1.82) is 0 Å². The molecule has 1 aliphatic rings. The quantitative estimate of drug-likeness (QED) is 0.842. The Kier molecular flexibility index (Phi) is 5.05. The summed E-state index contributed by atoms with van der Waals surface area (Å²) in [5.41, 5.74) is -0.153. The summed E-state index contributed by atoms with van der Waals surface area (Å²) in [5, 5.41) is 0. The molecule has 3 rings (SSSR count). The predicted octanol–water partition coefficient (Wildman–Crippen LogP) is 2.18. The second-order valence-electron chi connectivity index (χ2n) is 5.91. The normalized spacial score (nSPS) is 20.6. The molecule has 0 bridgehead atoms. The van der Waals surface area contributed by atoms with E-state index >= 15 is 0 Å². The van der Waals surface area contributed by atoms with Gasteiger partial charge >= 0.3 is 0 Å². The van der Waals surface area contributed by atoms with Crippen LogP contribution in [0.3, 0.4) is 0 Å². The molecule has 6 nitrogen and oxygen atoms in total. The van der Waals surface area contributed by atoms with Crippen molar-refractivity contribution in [3.63, 3.8) is 0 Å². The van der Waals surface area contributed by atoms with Gasteiger partial charge in [0, 0.05) is 26.0 Å². The maximum absolute atomic E-state index is 12.6. The van der Waals surface area contributed by atoms with Crippen molar-refractivity contribution in [1.82, 2.24) is 14.9 Å². The number of para-hydroxylation sites is 1. The van der Waals surface area contributed by atoms with Crippen LogP contribution >= 0.6 is 0 Å². The van der Waals surface area contributed by atoms with Crippen LogP contribution in [0.25, 0.3) is 0 Å². The third-order valence-corrected chi connectivity index (χ3v) is 4.29. The van der Waals surface area contributed by atoms with Crippen LogP contribution in [0, 0.1) is 0 Å². The molecule has 6 heteroatoms. The van der Waals surface area contributed by atoms with Gasteiger partial charge in [-0.2, -0.15) is 0 Å². The Morgan fingerprint density at radius 3 is 2.83 bits per heavy atom. The monoisotopic (exact) mass is 327 g/mol. The number of piperidine rings is 1. The predicted molar refractivity (Wildman–Crippen MR) is 88.8 cm³/mol. The molecule has 2 aromatic rings. The summed E-state index contributed by atoms with van der Waals surface area (Å²) in [6.45, 7) is 1.56. The molecule has 1 aromatic heterocycles. The molecule has 1 aromatic carbocycles. The molecular weight excluding hydrogens is 306 g/mol. The van der Waals surface area contributed by atoms with Crippen LogP contribution in [0.5, 0.6) is 5.75 Å². The van der Waals surface area contributed by atoms with Crippen LogP contribution < -0.4 is 4.74 Å². The van der Waals surface area contributed by atoms with E-state index in [2.05, 4.69) is 9.97 Å². The average molecular weight is 327 g/mol. The number of carbonyl (C=O) groups is 1. The van der Waals surface area contributed by atoms with Gasteiger partial charge in [0.15, 0.2) is 0 Å². The standard InChI is InChI=1S/C18H21N3O3/c1-23-18(14-24-15-6-3-2-4-7-15)8-5-11-21(13-18)17(22)16-12-19-9-10-20-16/h2-4,6-7,9-10,12H,5,8,11,13-14H2,1H3. The number of methoxy groups -OCH3 is 1. The molecule has 1 fully saturated rings. The Labute approximate surface area is 141 Å². The molecule has 1 saturated heterocycles. The van der Waals surface area contributed by atoms with E-state index in [-0.39, 0.29) is 5.91 Å². The smallest absolute Gasteiger partial charge is 0.274 e. The molecule has 0 spiro atoms. The second kappa shape index (κ2) is 7.40.